The number of carbonyl (C=O) groups excluding carboxylic acids is 14. The molecule has 10 aliphatic heterocycles. The monoisotopic (exact) mass is 1890 g/mol. The van der Waals surface area contributed by atoms with E-state index in [1.807, 2.05) is 118 Å². The van der Waals surface area contributed by atoms with Crippen LogP contribution >= 0.6 is 0 Å². The van der Waals surface area contributed by atoms with E-state index in [2.05, 4.69) is 6.07 Å². The maximum atomic E-state index is 12.6. The van der Waals surface area contributed by atoms with E-state index in [0.717, 1.165) is 70.6 Å². The number of hydrogen-bond acceptors (Lipinski definition) is 30. The third-order valence-electron chi connectivity index (χ3n) is 31.1. The third kappa shape index (κ3) is 23.6. The molecule has 9 aliphatic carbocycles. The molecule has 28 unspecified atom stereocenters. The molecule has 19 rings (SSSR count). The fourth-order valence-corrected chi connectivity index (χ4v) is 20.2. The Morgan fingerprint density at radius 2 is 0.774 bits per heavy atom. The van der Waals surface area contributed by atoms with E-state index in [9.17, 15) is 72.4 Å². The lowest BCUT2D eigenvalue weighted by Gasteiger charge is -2.48. The highest BCUT2D eigenvalue weighted by Gasteiger charge is 2.73. The molecule has 28 atom stereocenters. The number of rotatable bonds is 23. The molecule has 768 valence electrons. The molecule has 9 saturated carbocycles. The zero-order chi connectivity index (χ0) is 89.0. The van der Waals surface area contributed by atoms with Gasteiger partial charge in [0.15, 0.2) is 17.6 Å². The second-order valence-electron chi connectivity index (χ2n) is 41.6. The van der Waals surface area contributed by atoms with E-state index in [4.69, 9.17) is 71.1 Å². The van der Waals surface area contributed by atoms with Gasteiger partial charge in [-0.3, -0.25) is 62.3 Å². The summed E-state index contributed by atoms with van der Waals surface area (Å²) in [5, 5.41) is 9.31. The lowest BCUT2D eigenvalue weighted by atomic mass is 9.74. The van der Waals surface area contributed by atoms with E-state index in [-0.39, 0.29) is 288 Å². The van der Waals surface area contributed by atoms with Gasteiger partial charge >= 0.3 is 83.6 Å². The molecule has 10 saturated heterocycles. The van der Waals surface area contributed by atoms with Crippen molar-refractivity contribution in [3.05, 3.63) is 0 Å². The first-order chi connectivity index (χ1) is 56.4. The van der Waals surface area contributed by atoms with Crippen molar-refractivity contribution in [3.63, 3.8) is 0 Å². The van der Waals surface area contributed by atoms with Crippen LogP contribution in [0, 0.1) is 126 Å². The van der Waals surface area contributed by atoms with Crippen molar-refractivity contribution in [2.24, 2.45) is 115 Å². The average Bonchev–Trinajstić information content (AvgIpc) is 1.53. The van der Waals surface area contributed by atoms with Crippen LogP contribution in [-0.4, -0.2) is 181 Å². The van der Waals surface area contributed by atoms with Crippen LogP contribution in [0.1, 0.15) is 357 Å². The molecular formula is C103H177NO29. The minimum atomic E-state index is -1.37. The third-order valence-corrected chi connectivity index (χ3v) is 31.1. The Hall–Kier alpha value is -7.97. The van der Waals surface area contributed by atoms with E-state index >= 15 is 0 Å². The van der Waals surface area contributed by atoms with Crippen LogP contribution in [0.25, 0.3) is 0 Å². The van der Waals surface area contributed by atoms with Gasteiger partial charge in [0.1, 0.15) is 73.2 Å². The quantitative estimate of drug-likeness (QED) is 0.0677. The molecule has 10 heterocycles. The summed E-state index contributed by atoms with van der Waals surface area (Å²) in [5.41, 5.74) is -6.13. The van der Waals surface area contributed by atoms with Crippen molar-refractivity contribution in [3.8, 4) is 6.07 Å². The fraction of sp³-hybridized carbons (Fsp3) is 0.854. The Balaban J connectivity index is 0.00000155. The maximum absolute atomic E-state index is 12.6. The highest BCUT2D eigenvalue weighted by atomic mass is 16.7. The van der Waals surface area contributed by atoms with Crippen molar-refractivity contribution < 1.29 is 138 Å². The molecule has 14 bridgehead atoms. The molecule has 133 heavy (non-hydrogen) atoms. The smallest absolute Gasteiger partial charge is 0.350 e. The zero-order valence-electron chi connectivity index (χ0n) is 74.4. The predicted molar refractivity (Wildman–Crippen MR) is 502 cm³/mol. The summed E-state index contributed by atoms with van der Waals surface area (Å²) in [6.07, 6.45) is 9.48. The van der Waals surface area contributed by atoms with Gasteiger partial charge in [-0.25, -0.2) is 4.79 Å². The largest absolute Gasteiger partial charge is 0.465 e. The minimum Gasteiger partial charge on any atom is -0.465 e. The number of carbonyl (C=O) groups is 14. The molecule has 0 amide bonds. The van der Waals surface area contributed by atoms with Crippen molar-refractivity contribution in [1.29, 1.82) is 5.26 Å². The topological polar surface area (TPSA) is 401 Å². The van der Waals surface area contributed by atoms with Crippen LogP contribution in [0.15, 0.2) is 0 Å². The van der Waals surface area contributed by atoms with Gasteiger partial charge in [0.05, 0.1) is 80.7 Å². The van der Waals surface area contributed by atoms with Crippen molar-refractivity contribution >= 4 is 83.6 Å². The molecule has 0 aromatic heterocycles. The fourth-order valence-electron chi connectivity index (χ4n) is 20.2. The van der Waals surface area contributed by atoms with Crippen LogP contribution in [0.3, 0.4) is 0 Å². The van der Waals surface area contributed by atoms with E-state index < -0.39 is 97.4 Å². The van der Waals surface area contributed by atoms with Gasteiger partial charge in [0.25, 0.3) is 0 Å². The summed E-state index contributed by atoms with van der Waals surface area (Å²) in [4.78, 5) is 167. The van der Waals surface area contributed by atoms with E-state index in [0.29, 0.717) is 50.9 Å². The Kier molecular flexibility index (Phi) is 43.2. The number of esters is 14. The van der Waals surface area contributed by atoms with E-state index in [1.54, 1.807) is 13.8 Å². The Morgan fingerprint density at radius 1 is 0.383 bits per heavy atom. The number of fused-ring (bicyclic) bond motifs is 8. The van der Waals surface area contributed by atoms with Gasteiger partial charge in [0.2, 0.25) is 5.60 Å². The molecule has 30 nitrogen and oxygen atoms in total. The summed E-state index contributed by atoms with van der Waals surface area (Å²) < 4.78 is 82.0. The molecule has 0 spiro atoms. The second kappa shape index (κ2) is 46.0. The minimum absolute atomic E-state index is 0. The van der Waals surface area contributed by atoms with Gasteiger partial charge in [-0.05, 0) is 213 Å². The number of nitriles is 1. The first-order valence-electron chi connectivity index (χ1n) is 44.4. The lowest BCUT2D eigenvalue weighted by molar-refractivity contribution is -0.221. The molecule has 0 aromatic rings. The van der Waals surface area contributed by atoms with E-state index in [1.165, 1.54) is 13.8 Å². The van der Waals surface area contributed by atoms with Crippen molar-refractivity contribution in [2.75, 3.05) is 6.61 Å². The predicted octanol–water partition coefficient (Wildman–Crippen LogP) is 18.9. The number of hydrogen-bond donors (Lipinski definition) is 0. The molecular weight excluding hydrogens is 1720 g/mol. The highest BCUT2D eigenvalue weighted by Crippen LogP contribution is 2.63. The van der Waals surface area contributed by atoms with Gasteiger partial charge < -0.3 is 71.1 Å². The second-order valence-corrected chi connectivity index (χ2v) is 41.6. The first-order valence-corrected chi connectivity index (χ1v) is 44.4. The molecule has 0 aromatic carbocycles. The van der Waals surface area contributed by atoms with Crippen LogP contribution in [-0.2, 0) is 138 Å². The summed E-state index contributed by atoms with van der Waals surface area (Å²) >= 11 is 0. The first kappa shape index (κ1) is 125. The number of nitrogens with zero attached hydrogens (tertiary/aromatic N) is 1. The van der Waals surface area contributed by atoms with Gasteiger partial charge in [-0.1, -0.05) is 131 Å². The Bertz CT molecular complexity index is 4050. The van der Waals surface area contributed by atoms with Gasteiger partial charge in [0, 0.05) is 53.8 Å². The standard InChI is InChI=1S/C18H26O6.C17H24O6.C15H19NO4.C14H20O4.C14H22O4.C13H18O5.12CH4/c1-6-17(2,3)15(20)24-18(4,5)16(21)23-12-9-7-10-11(8-9)14(19)22-13(10)12;1-4-17(2,3)16(20)21-6-5-12(18)22-13-9-7-10-11(8-9)15(19)23-14(10)13;1-4-14(2,3)12(17)19-10-8-5-9-11(10)20-13(18)15(9,6-8)7-16;1-4-14(2,3)13(16)18-11-8-5-7-6-9(8)12(15)17-10(7)11;1-5-13(2,3)12(16)17-10-8-9-6-7-14(10,4)18-11(9)15;1-4-13(2,3)12(15)18-9-7-5-6-8(16-7)10(9)17-11(6)14;;;;;;;;;;;;/h9-13H,6-8H2,1-5H3;9-11,13-14H,4-8H2,1-3H3;8-11H,4-6H2,1-3H3;7-11H,4-6H2,1-3H3;9-10H,5-8H2,1-4H3;6-10H,4-5H2,1-3H3;12*1H4. The van der Waals surface area contributed by atoms with Gasteiger partial charge in [-0.15, -0.1) is 0 Å². The summed E-state index contributed by atoms with van der Waals surface area (Å²) in [6.45, 7) is 38.8. The molecule has 19 fully saturated rings. The van der Waals surface area contributed by atoms with Crippen LogP contribution < -0.4 is 0 Å². The molecule has 30 heteroatoms. The summed E-state index contributed by atoms with van der Waals surface area (Å²) in [5.74, 6) is -2.61. The van der Waals surface area contributed by atoms with Crippen LogP contribution in [0.4, 0.5) is 0 Å². The molecule has 0 N–H and O–H groups in total. The van der Waals surface area contributed by atoms with Crippen LogP contribution in [0.5, 0.6) is 0 Å². The SMILES string of the molecule is C.C.C.C.C.C.C.C.C.C.C.C.CCC(C)(C)C(=O)OC(C)(C)C(=O)OC1C2CC3C(=O)OC1C3C2.CCC(C)(C)C(=O)OC1C2CC3C(=O)OC1C3O2.CCC(C)(C)C(=O)OC1C2CC3C1OC(=O)C3(C#N)C2.CCC(C)(C)C(=O)OC1C2CC3CC2C(=O)OC31.CCC(C)(C)C(=O)OC1CC2CCC1(C)OC2=O.CCC(C)(C)C(=O)OCCC(=O)OC1C2CC3C(=O)OC1C3C2. The molecule has 19 aliphatic rings. The average molecular weight is 1890 g/mol. The zero-order valence-corrected chi connectivity index (χ0v) is 74.4. The lowest BCUT2D eigenvalue weighted by Crippen LogP contribution is -2.57. The Labute approximate surface area is 797 Å². The normalized spacial score (nSPS) is 34.2. The van der Waals surface area contributed by atoms with Gasteiger partial charge in [-0.2, -0.15) is 5.26 Å². The maximum Gasteiger partial charge on any atom is 0.350 e. The summed E-state index contributed by atoms with van der Waals surface area (Å²) in [7, 11) is 0. The van der Waals surface area contributed by atoms with Crippen LogP contribution in [0.2, 0.25) is 0 Å². The summed E-state index contributed by atoms with van der Waals surface area (Å²) in [6, 6.07) is 2.15. The van der Waals surface area contributed by atoms with Crippen molar-refractivity contribution in [2.45, 2.75) is 447 Å². The number of ether oxygens (including phenoxy) is 15. The highest BCUT2D eigenvalue weighted by molar-refractivity contribution is 5.87. The molecule has 0 radical (unpaired) electrons. The van der Waals surface area contributed by atoms with Crippen molar-refractivity contribution in [1.82, 2.24) is 0 Å². The Morgan fingerprint density at radius 3 is 1.23 bits per heavy atom.